The second kappa shape index (κ2) is 7.41. The minimum atomic E-state index is 0.928. The largest absolute Gasteiger partial charge is 0.301 e. The first-order valence-corrected chi connectivity index (χ1v) is 8.14. The van der Waals surface area contributed by atoms with Crippen molar-refractivity contribution < 1.29 is 0 Å². The maximum Gasteiger partial charge on any atom is 0.00951 e. The van der Waals surface area contributed by atoms with E-state index in [9.17, 15) is 0 Å². The molecule has 2 aliphatic carbocycles. The summed E-state index contributed by atoms with van der Waals surface area (Å²) in [5.74, 6) is 1.06. The molecule has 0 bridgehead atoms. The molecule has 2 aliphatic rings. The minimum Gasteiger partial charge on any atom is -0.301 e. The van der Waals surface area contributed by atoms with Gasteiger partial charge in [-0.05, 0) is 38.3 Å². The fraction of sp³-hybridized carbons (Fsp3) is 1.00. The van der Waals surface area contributed by atoms with Crippen molar-refractivity contribution >= 4 is 0 Å². The molecule has 0 aromatic heterocycles. The van der Waals surface area contributed by atoms with Crippen molar-refractivity contribution in [1.82, 2.24) is 4.90 Å². The highest BCUT2D eigenvalue weighted by atomic mass is 15.1. The third kappa shape index (κ3) is 4.28. The summed E-state index contributed by atoms with van der Waals surface area (Å²) >= 11 is 0. The summed E-state index contributed by atoms with van der Waals surface area (Å²) in [5, 5.41) is 0. The lowest BCUT2D eigenvalue weighted by atomic mass is 9.86. The van der Waals surface area contributed by atoms with Gasteiger partial charge in [-0.25, -0.2) is 0 Å². The summed E-state index contributed by atoms with van der Waals surface area (Å²) in [7, 11) is 0. The second-order valence-corrected chi connectivity index (χ2v) is 6.21. The maximum atomic E-state index is 2.79. The van der Waals surface area contributed by atoms with Gasteiger partial charge in [0.2, 0.25) is 0 Å². The zero-order valence-corrected chi connectivity index (χ0v) is 11.8. The summed E-state index contributed by atoms with van der Waals surface area (Å²) < 4.78 is 0. The molecule has 0 amide bonds. The molecule has 100 valence electrons. The van der Waals surface area contributed by atoms with E-state index in [0.717, 1.165) is 12.0 Å². The predicted molar refractivity (Wildman–Crippen MR) is 75.3 cm³/mol. The van der Waals surface area contributed by atoms with Crippen molar-refractivity contribution in [2.45, 2.75) is 83.6 Å². The monoisotopic (exact) mass is 237 g/mol. The highest BCUT2D eigenvalue weighted by Gasteiger charge is 2.21. The molecule has 2 rings (SSSR count). The molecule has 1 heteroatoms. The fourth-order valence-corrected chi connectivity index (χ4v) is 3.87. The standard InChI is InChI=1S/C16H31N/c1-2-17(16-11-7-4-8-12-16)14-13-15-9-5-3-6-10-15/h15-16H,2-14H2,1H3. The van der Waals surface area contributed by atoms with Gasteiger partial charge in [-0.2, -0.15) is 0 Å². The van der Waals surface area contributed by atoms with E-state index in [0.29, 0.717) is 0 Å². The third-order valence-corrected chi connectivity index (χ3v) is 5.05. The van der Waals surface area contributed by atoms with E-state index in [-0.39, 0.29) is 0 Å². The van der Waals surface area contributed by atoms with Gasteiger partial charge in [0.15, 0.2) is 0 Å². The van der Waals surface area contributed by atoms with Crippen LogP contribution < -0.4 is 0 Å². The van der Waals surface area contributed by atoms with E-state index in [2.05, 4.69) is 11.8 Å². The van der Waals surface area contributed by atoms with Crippen LogP contribution in [0.5, 0.6) is 0 Å². The average Bonchev–Trinajstić information content (AvgIpc) is 2.42. The molecule has 0 spiro atoms. The van der Waals surface area contributed by atoms with Crippen LogP contribution in [0.15, 0.2) is 0 Å². The van der Waals surface area contributed by atoms with Crippen molar-refractivity contribution in [1.29, 1.82) is 0 Å². The van der Waals surface area contributed by atoms with Gasteiger partial charge in [0.05, 0.1) is 0 Å². The van der Waals surface area contributed by atoms with Crippen LogP contribution in [0.4, 0.5) is 0 Å². The molecule has 2 fully saturated rings. The van der Waals surface area contributed by atoms with Crippen LogP contribution in [0.3, 0.4) is 0 Å². The Morgan fingerprint density at radius 3 is 2.00 bits per heavy atom. The third-order valence-electron chi connectivity index (χ3n) is 5.05. The van der Waals surface area contributed by atoms with Crippen LogP contribution in [-0.2, 0) is 0 Å². The van der Waals surface area contributed by atoms with Crippen molar-refractivity contribution in [2.75, 3.05) is 13.1 Å². The molecule has 0 N–H and O–H groups in total. The minimum absolute atomic E-state index is 0.928. The zero-order valence-electron chi connectivity index (χ0n) is 11.8. The highest BCUT2D eigenvalue weighted by molar-refractivity contribution is 4.76. The predicted octanol–water partition coefficient (Wildman–Crippen LogP) is 4.61. The molecular weight excluding hydrogens is 206 g/mol. The van der Waals surface area contributed by atoms with E-state index in [1.165, 1.54) is 83.7 Å². The van der Waals surface area contributed by atoms with Crippen molar-refractivity contribution in [3.8, 4) is 0 Å². The van der Waals surface area contributed by atoms with E-state index >= 15 is 0 Å². The van der Waals surface area contributed by atoms with E-state index in [1.807, 2.05) is 0 Å². The Bertz CT molecular complexity index is 190. The van der Waals surface area contributed by atoms with Crippen LogP contribution >= 0.6 is 0 Å². The van der Waals surface area contributed by atoms with Crippen LogP contribution in [0.1, 0.15) is 77.6 Å². The Labute approximate surface area is 108 Å². The van der Waals surface area contributed by atoms with Gasteiger partial charge < -0.3 is 4.90 Å². The van der Waals surface area contributed by atoms with Crippen LogP contribution in [0.2, 0.25) is 0 Å². The van der Waals surface area contributed by atoms with Crippen LogP contribution in [0.25, 0.3) is 0 Å². The topological polar surface area (TPSA) is 3.24 Å². The molecule has 0 unspecified atom stereocenters. The molecule has 0 radical (unpaired) electrons. The van der Waals surface area contributed by atoms with Crippen LogP contribution in [-0.4, -0.2) is 24.0 Å². The number of hydrogen-bond donors (Lipinski definition) is 0. The smallest absolute Gasteiger partial charge is 0.00951 e. The molecule has 0 aromatic rings. The number of rotatable bonds is 5. The van der Waals surface area contributed by atoms with Gasteiger partial charge in [-0.1, -0.05) is 58.3 Å². The fourth-order valence-electron chi connectivity index (χ4n) is 3.87. The Hall–Kier alpha value is -0.0400. The lowest BCUT2D eigenvalue weighted by Gasteiger charge is -2.35. The van der Waals surface area contributed by atoms with E-state index in [4.69, 9.17) is 0 Å². The van der Waals surface area contributed by atoms with Gasteiger partial charge >= 0.3 is 0 Å². The number of nitrogens with zero attached hydrogens (tertiary/aromatic N) is 1. The molecule has 17 heavy (non-hydrogen) atoms. The highest BCUT2D eigenvalue weighted by Crippen LogP contribution is 2.28. The molecular formula is C16H31N. The quantitative estimate of drug-likeness (QED) is 0.675. The van der Waals surface area contributed by atoms with Crippen molar-refractivity contribution in [2.24, 2.45) is 5.92 Å². The first-order chi connectivity index (χ1) is 8.40. The Morgan fingerprint density at radius 2 is 1.41 bits per heavy atom. The zero-order chi connectivity index (χ0) is 11.9. The SMILES string of the molecule is CCN(CCC1CCCCC1)C1CCCCC1. The molecule has 0 heterocycles. The first kappa shape index (κ1) is 13.4. The van der Waals surface area contributed by atoms with Gasteiger partial charge in [0, 0.05) is 6.04 Å². The van der Waals surface area contributed by atoms with Gasteiger partial charge in [-0.3, -0.25) is 0 Å². The summed E-state index contributed by atoms with van der Waals surface area (Å²) in [5.41, 5.74) is 0. The summed E-state index contributed by atoms with van der Waals surface area (Å²) in [6.45, 7) is 5.01. The lowest BCUT2D eigenvalue weighted by molar-refractivity contribution is 0.148. The molecule has 0 atom stereocenters. The summed E-state index contributed by atoms with van der Waals surface area (Å²) in [6.07, 6.45) is 16.4. The van der Waals surface area contributed by atoms with Gasteiger partial charge in [-0.15, -0.1) is 0 Å². The normalized spacial score (nSPS) is 24.4. The molecule has 0 saturated heterocycles. The maximum absolute atomic E-state index is 2.79. The molecule has 2 saturated carbocycles. The second-order valence-electron chi connectivity index (χ2n) is 6.21. The summed E-state index contributed by atoms with van der Waals surface area (Å²) in [4.78, 5) is 2.79. The average molecular weight is 237 g/mol. The Kier molecular flexibility index (Phi) is 5.84. The first-order valence-electron chi connectivity index (χ1n) is 8.14. The van der Waals surface area contributed by atoms with Gasteiger partial charge in [0.1, 0.15) is 0 Å². The van der Waals surface area contributed by atoms with Crippen molar-refractivity contribution in [3.05, 3.63) is 0 Å². The Morgan fingerprint density at radius 1 is 0.824 bits per heavy atom. The van der Waals surface area contributed by atoms with Gasteiger partial charge in [0.25, 0.3) is 0 Å². The lowest BCUT2D eigenvalue weighted by Crippen LogP contribution is -2.38. The Balaban J connectivity index is 1.70. The molecule has 0 aliphatic heterocycles. The van der Waals surface area contributed by atoms with E-state index in [1.54, 1.807) is 0 Å². The molecule has 0 aromatic carbocycles. The summed E-state index contributed by atoms with van der Waals surface area (Å²) in [6, 6.07) is 0.928. The molecule has 1 nitrogen and oxygen atoms in total. The number of hydrogen-bond acceptors (Lipinski definition) is 1. The van der Waals surface area contributed by atoms with Crippen LogP contribution in [0, 0.1) is 5.92 Å². The van der Waals surface area contributed by atoms with E-state index < -0.39 is 0 Å². The van der Waals surface area contributed by atoms with Crippen molar-refractivity contribution in [3.63, 3.8) is 0 Å².